The van der Waals surface area contributed by atoms with E-state index in [9.17, 15) is 18.0 Å². The van der Waals surface area contributed by atoms with Crippen LogP contribution in [0.4, 0.5) is 5.69 Å². The van der Waals surface area contributed by atoms with Crippen LogP contribution in [0.1, 0.15) is 34.0 Å². The molecule has 0 aliphatic heterocycles. The summed E-state index contributed by atoms with van der Waals surface area (Å²) < 4.78 is 31.4. The molecule has 0 spiro atoms. The fourth-order valence-corrected chi connectivity index (χ4v) is 4.24. The minimum Gasteiger partial charge on any atom is -0.449 e. The van der Waals surface area contributed by atoms with E-state index in [1.807, 2.05) is 42.5 Å². The number of hydrogen-bond donors (Lipinski definition) is 1. The zero-order chi connectivity index (χ0) is 24.9. The highest BCUT2D eigenvalue weighted by Crippen LogP contribution is 2.23. The molecule has 0 fully saturated rings. The van der Waals surface area contributed by atoms with E-state index in [4.69, 9.17) is 4.74 Å². The van der Waals surface area contributed by atoms with Gasteiger partial charge in [0.05, 0.1) is 10.5 Å². The van der Waals surface area contributed by atoms with Gasteiger partial charge in [0, 0.05) is 19.8 Å². The number of ether oxygens (including phenoxy) is 1. The highest BCUT2D eigenvalue weighted by Gasteiger charge is 2.23. The minimum absolute atomic E-state index is 0.0536. The number of nitrogens with one attached hydrogen (secondary N) is 1. The van der Waals surface area contributed by atoms with Crippen LogP contribution in [0.5, 0.6) is 0 Å². The second-order valence-electron chi connectivity index (χ2n) is 8.12. The molecule has 3 aromatic carbocycles. The van der Waals surface area contributed by atoms with E-state index in [0.29, 0.717) is 23.2 Å². The number of esters is 1. The predicted octanol–water partition coefficient (Wildman–Crippen LogP) is 4.02. The fraction of sp³-hybridized carbons (Fsp3) is 0.231. The van der Waals surface area contributed by atoms with Crippen LogP contribution in [-0.4, -0.2) is 44.8 Å². The average molecular weight is 481 g/mol. The van der Waals surface area contributed by atoms with Crippen LogP contribution in [0, 0.1) is 6.92 Å². The van der Waals surface area contributed by atoms with E-state index in [2.05, 4.69) is 5.32 Å². The van der Waals surface area contributed by atoms with Gasteiger partial charge in [0.2, 0.25) is 10.0 Å². The Kier molecular flexibility index (Phi) is 7.86. The number of carbonyl (C=O) groups is 2. The van der Waals surface area contributed by atoms with Gasteiger partial charge < -0.3 is 10.1 Å². The largest absolute Gasteiger partial charge is 0.449 e. The van der Waals surface area contributed by atoms with Gasteiger partial charge in [-0.05, 0) is 55.2 Å². The molecule has 34 heavy (non-hydrogen) atoms. The summed E-state index contributed by atoms with van der Waals surface area (Å²) in [6, 6.07) is 21.4. The molecule has 1 unspecified atom stereocenters. The zero-order valence-electron chi connectivity index (χ0n) is 19.6. The Hall–Kier alpha value is -3.49. The van der Waals surface area contributed by atoms with E-state index in [-0.39, 0.29) is 4.90 Å². The van der Waals surface area contributed by atoms with E-state index < -0.39 is 28.0 Å². The smallest absolute Gasteiger partial charge is 0.339 e. The van der Waals surface area contributed by atoms with Crippen molar-refractivity contribution in [2.75, 3.05) is 19.4 Å². The number of aryl methyl sites for hydroxylation is 1. The van der Waals surface area contributed by atoms with Crippen LogP contribution in [-0.2, 0) is 26.0 Å². The zero-order valence-corrected chi connectivity index (χ0v) is 20.4. The first-order valence-electron chi connectivity index (χ1n) is 10.8. The van der Waals surface area contributed by atoms with Gasteiger partial charge in [0.1, 0.15) is 0 Å². The molecule has 0 saturated heterocycles. The molecule has 8 heteroatoms. The number of sulfonamides is 1. The average Bonchev–Trinajstić information content (AvgIpc) is 2.81. The van der Waals surface area contributed by atoms with Crippen molar-refractivity contribution < 1.29 is 22.7 Å². The standard InChI is InChI=1S/C26H28N2O5S/c1-18-14-15-22(34(31,32)28(3)4)17-24(18)27-25(29)19(2)33-26(30)23-13-9-8-12-21(23)16-20-10-6-5-7-11-20/h5-15,17,19H,16H2,1-4H3,(H,27,29). The van der Waals surface area contributed by atoms with Gasteiger partial charge in [-0.3, -0.25) is 4.79 Å². The van der Waals surface area contributed by atoms with Gasteiger partial charge in [-0.1, -0.05) is 54.6 Å². The Bertz CT molecular complexity index is 1290. The quantitative estimate of drug-likeness (QED) is 0.492. The lowest BCUT2D eigenvalue weighted by Gasteiger charge is -2.17. The van der Waals surface area contributed by atoms with Gasteiger partial charge in [0.25, 0.3) is 5.91 Å². The lowest BCUT2D eigenvalue weighted by molar-refractivity contribution is -0.123. The number of anilines is 1. The second kappa shape index (κ2) is 10.6. The molecule has 1 atom stereocenters. The van der Waals surface area contributed by atoms with Crippen molar-refractivity contribution in [3.8, 4) is 0 Å². The van der Waals surface area contributed by atoms with Crippen molar-refractivity contribution in [2.24, 2.45) is 0 Å². The molecule has 0 aliphatic rings. The Morgan fingerprint density at radius 3 is 2.29 bits per heavy atom. The SMILES string of the molecule is Cc1ccc(S(=O)(=O)N(C)C)cc1NC(=O)C(C)OC(=O)c1ccccc1Cc1ccccc1. The maximum atomic E-state index is 12.9. The summed E-state index contributed by atoms with van der Waals surface area (Å²) in [6.45, 7) is 3.22. The highest BCUT2D eigenvalue weighted by atomic mass is 32.2. The number of hydrogen-bond acceptors (Lipinski definition) is 5. The topological polar surface area (TPSA) is 92.8 Å². The molecule has 0 bridgehead atoms. The second-order valence-corrected chi connectivity index (χ2v) is 10.3. The Morgan fingerprint density at radius 2 is 1.62 bits per heavy atom. The van der Waals surface area contributed by atoms with Crippen molar-refractivity contribution >= 4 is 27.6 Å². The lowest BCUT2D eigenvalue weighted by Crippen LogP contribution is -2.30. The number of benzene rings is 3. The summed E-state index contributed by atoms with van der Waals surface area (Å²) in [7, 11) is -0.791. The maximum absolute atomic E-state index is 12.9. The molecule has 1 amide bonds. The summed E-state index contributed by atoms with van der Waals surface area (Å²) in [5, 5.41) is 2.67. The molecule has 0 aliphatic carbocycles. The number of nitrogens with zero attached hydrogens (tertiary/aromatic N) is 1. The van der Waals surface area contributed by atoms with E-state index >= 15 is 0 Å². The number of rotatable bonds is 8. The van der Waals surface area contributed by atoms with Gasteiger partial charge in [-0.25, -0.2) is 17.5 Å². The molecule has 0 saturated carbocycles. The third-order valence-corrected chi connectivity index (χ3v) is 7.18. The third-order valence-electron chi connectivity index (χ3n) is 5.37. The van der Waals surface area contributed by atoms with E-state index in [1.165, 1.54) is 33.2 Å². The molecule has 0 aromatic heterocycles. The Labute approximate surface area is 200 Å². The van der Waals surface area contributed by atoms with Crippen LogP contribution < -0.4 is 5.32 Å². The van der Waals surface area contributed by atoms with Gasteiger partial charge in [0.15, 0.2) is 6.10 Å². The molecule has 0 radical (unpaired) electrons. The van der Waals surface area contributed by atoms with Crippen molar-refractivity contribution in [2.45, 2.75) is 31.3 Å². The van der Waals surface area contributed by atoms with Gasteiger partial charge in [-0.15, -0.1) is 0 Å². The van der Waals surface area contributed by atoms with Crippen LogP contribution in [0.25, 0.3) is 0 Å². The third kappa shape index (κ3) is 5.89. The first-order chi connectivity index (χ1) is 16.1. The molecule has 3 rings (SSSR count). The molecular formula is C26H28N2O5S. The van der Waals surface area contributed by atoms with Crippen LogP contribution in [0.2, 0.25) is 0 Å². The summed E-state index contributed by atoms with van der Waals surface area (Å²) in [4.78, 5) is 25.7. The van der Waals surface area contributed by atoms with Gasteiger partial charge in [-0.2, -0.15) is 0 Å². The molecule has 3 aromatic rings. The maximum Gasteiger partial charge on any atom is 0.339 e. The first kappa shape index (κ1) is 25.1. The molecule has 7 nitrogen and oxygen atoms in total. The fourth-order valence-electron chi connectivity index (χ4n) is 3.31. The van der Waals surface area contributed by atoms with Crippen molar-refractivity contribution in [3.63, 3.8) is 0 Å². The Balaban J connectivity index is 1.73. The molecule has 0 heterocycles. The van der Waals surface area contributed by atoms with Crippen LogP contribution in [0.15, 0.2) is 77.7 Å². The minimum atomic E-state index is -3.66. The number of carbonyl (C=O) groups excluding carboxylic acids is 2. The van der Waals surface area contributed by atoms with Gasteiger partial charge >= 0.3 is 5.97 Å². The Morgan fingerprint density at radius 1 is 0.971 bits per heavy atom. The summed E-state index contributed by atoms with van der Waals surface area (Å²) in [6.07, 6.45) is -0.537. The van der Waals surface area contributed by atoms with Crippen molar-refractivity contribution in [3.05, 3.63) is 95.1 Å². The van der Waals surface area contributed by atoms with Crippen molar-refractivity contribution in [1.29, 1.82) is 0 Å². The number of amides is 1. The van der Waals surface area contributed by atoms with Crippen molar-refractivity contribution in [1.82, 2.24) is 4.31 Å². The summed E-state index contributed by atoms with van der Waals surface area (Å²) >= 11 is 0. The lowest BCUT2D eigenvalue weighted by atomic mass is 10.00. The highest BCUT2D eigenvalue weighted by molar-refractivity contribution is 7.89. The summed E-state index contributed by atoms with van der Waals surface area (Å²) in [5.74, 6) is -1.16. The predicted molar refractivity (Wildman–Crippen MR) is 131 cm³/mol. The van der Waals surface area contributed by atoms with E-state index in [1.54, 1.807) is 25.1 Å². The van der Waals surface area contributed by atoms with Crippen LogP contribution in [0.3, 0.4) is 0 Å². The van der Waals surface area contributed by atoms with Crippen LogP contribution >= 0.6 is 0 Å². The van der Waals surface area contributed by atoms with E-state index in [0.717, 1.165) is 15.4 Å². The normalized spacial score (nSPS) is 12.3. The summed E-state index contributed by atoms with van der Waals surface area (Å²) in [5.41, 5.74) is 3.25. The monoisotopic (exact) mass is 480 g/mol. The molecule has 1 N–H and O–H groups in total. The first-order valence-corrected chi connectivity index (χ1v) is 12.2. The molecule has 178 valence electrons. The molecular weight excluding hydrogens is 452 g/mol.